The van der Waals surface area contributed by atoms with Gasteiger partial charge in [0.05, 0.1) is 4.90 Å². The van der Waals surface area contributed by atoms with Crippen LogP contribution in [0.2, 0.25) is 0 Å². The van der Waals surface area contributed by atoms with Crippen molar-refractivity contribution in [2.75, 3.05) is 0 Å². The van der Waals surface area contributed by atoms with Crippen LogP contribution >= 0.6 is 10.2 Å². The lowest BCUT2D eigenvalue weighted by atomic mass is 10.1. The number of hydrogen-bond donors (Lipinski definition) is 0. The zero-order chi connectivity index (χ0) is 25.3. The summed E-state index contributed by atoms with van der Waals surface area (Å²) in [7, 11) is -13.8. The summed E-state index contributed by atoms with van der Waals surface area (Å²) in [5.41, 5.74) is 4.22. The lowest BCUT2D eigenvalue weighted by Crippen LogP contribution is -3.62. The van der Waals surface area contributed by atoms with Crippen molar-refractivity contribution in [3.63, 3.8) is 0 Å². The highest BCUT2D eigenvalue weighted by Crippen LogP contribution is 3.02. The van der Waals surface area contributed by atoms with Crippen molar-refractivity contribution in [1.82, 2.24) is 0 Å². The third-order valence-corrected chi connectivity index (χ3v) is 9.95. The minimum absolute atomic E-state index is 0.178. The van der Waals surface area contributed by atoms with Gasteiger partial charge < -0.3 is 4.55 Å². The Kier molecular flexibility index (Phi) is 7.36. The van der Waals surface area contributed by atoms with Gasteiger partial charge in [0.15, 0.2) is 7.14 Å². The molecule has 0 aliphatic rings. The molecule has 11 heteroatoms. The van der Waals surface area contributed by atoms with Crippen molar-refractivity contribution < 1.29 is 53.6 Å². The predicted octanol–water partition coefficient (Wildman–Crippen LogP) is 4.30. The summed E-state index contributed by atoms with van der Waals surface area (Å²) >= 11 is -0.710. The van der Waals surface area contributed by atoms with Gasteiger partial charge >= 0.3 is 31.4 Å². The van der Waals surface area contributed by atoms with Gasteiger partial charge in [0, 0.05) is 11.1 Å². The number of rotatable bonds is 4. The van der Waals surface area contributed by atoms with Crippen molar-refractivity contribution in [3.8, 4) is 0 Å². The fraction of sp³-hybridized carbons (Fsp3) is 0.182. The first-order valence-corrected chi connectivity index (χ1v) is 14.9. The van der Waals surface area contributed by atoms with Gasteiger partial charge in [0.2, 0.25) is 0 Å². The van der Waals surface area contributed by atoms with Gasteiger partial charge in [-0.2, -0.15) is 0 Å². The second-order valence-corrected chi connectivity index (χ2v) is 14.2. The fourth-order valence-corrected chi connectivity index (χ4v) is 6.50. The average molecular weight is 620 g/mol. The van der Waals surface area contributed by atoms with Crippen LogP contribution in [0.25, 0.3) is 0 Å². The molecule has 0 bridgehead atoms. The smallest absolute Gasteiger partial charge is 0.358 e. The third kappa shape index (κ3) is 8.23. The van der Waals surface area contributed by atoms with Gasteiger partial charge in [-0.25, -0.2) is 8.42 Å². The summed E-state index contributed by atoms with van der Waals surface area (Å²) in [6, 6.07) is 13.1. The summed E-state index contributed by atoms with van der Waals surface area (Å²) < 4.78 is 96.4. The van der Waals surface area contributed by atoms with E-state index >= 15 is 0 Å². The maximum absolute atomic E-state index is 12.7. The molecular formula is C22H22F5IO3S2. The van der Waals surface area contributed by atoms with Crippen LogP contribution in [0.1, 0.15) is 22.3 Å². The van der Waals surface area contributed by atoms with Crippen LogP contribution in [0.3, 0.4) is 0 Å². The Bertz CT molecular complexity index is 1230. The van der Waals surface area contributed by atoms with E-state index in [2.05, 4.69) is 0 Å². The summed E-state index contributed by atoms with van der Waals surface area (Å²) in [5, 5.41) is 0. The Morgan fingerprint density at radius 1 is 0.727 bits per heavy atom. The Labute approximate surface area is 200 Å². The molecule has 0 aliphatic carbocycles. The highest BCUT2D eigenvalue weighted by atomic mass is 127. The molecular weight excluding hydrogens is 598 g/mol. The van der Waals surface area contributed by atoms with Crippen molar-refractivity contribution in [1.29, 1.82) is 0 Å². The predicted molar refractivity (Wildman–Crippen MR) is 115 cm³/mol. The Morgan fingerprint density at radius 3 is 1.58 bits per heavy atom. The summed E-state index contributed by atoms with van der Waals surface area (Å²) in [6.07, 6.45) is 0. The largest absolute Gasteiger partial charge is 0.744 e. The molecule has 0 heterocycles. The topological polar surface area (TPSA) is 57.2 Å². The molecule has 182 valence electrons. The number of aryl methyl sites for hydroxylation is 4. The lowest BCUT2D eigenvalue weighted by molar-refractivity contribution is -0.598. The first-order valence-electron chi connectivity index (χ1n) is 9.36. The number of hydrogen-bond acceptors (Lipinski definition) is 3. The van der Waals surface area contributed by atoms with Crippen LogP contribution in [0, 0.1) is 34.8 Å². The summed E-state index contributed by atoms with van der Waals surface area (Å²) in [5.74, 6) is 0. The molecule has 0 spiro atoms. The quantitative estimate of drug-likeness (QED) is 0.249. The first kappa shape index (κ1) is 27.5. The SMILES string of the molecule is Cc1cc(C)c([I+]c2ccc(S(F)(F)(F)(F)F)cc2)c(C)c1.Cc1ccc(S(=O)(=O)[O-])cc1. The van der Waals surface area contributed by atoms with E-state index in [1.807, 2.05) is 39.8 Å². The van der Waals surface area contributed by atoms with E-state index in [-0.39, 0.29) is 4.90 Å². The monoisotopic (exact) mass is 620 g/mol. The van der Waals surface area contributed by atoms with Gasteiger partial charge in [-0.3, -0.25) is 0 Å². The van der Waals surface area contributed by atoms with E-state index in [1.165, 1.54) is 24.3 Å². The van der Waals surface area contributed by atoms with Gasteiger partial charge in [-0.15, -0.1) is 0 Å². The van der Waals surface area contributed by atoms with Crippen LogP contribution < -0.4 is 21.2 Å². The van der Waals surface area contributed by atoms with E-state index in [4.69, 9.17) is 0 Å². The van der Waals surface area contributed by atoms with Crippen LogP contribution in [0.5, 0.6) is 0 Å². The van der Waals surface area contributed by atoms with Crippen molar-refractivity contribution >= 4 is 20.3 Å². The van der Waals surface area contributed by atoms with Crippen molar-refractivity contribution in [2.24, 2.45) is 0 Å². The zero-order valence-electron chi connectivity index (χ0n) is 18.1. The highest BCUT2D eigenvalue weighted by molar-refractivity contribution is 8.45. The van der Waals surface area contributed by atoms with Gasteiger partial charge in [-0.1, -0.05) is 54.8 Å². The standard InChI is InChI=1S/C15H15F5IS.C7H8O3S/c1-10-8-11(2)15(12(3)9-10)21-13-4-6-14(7-5-13)22(16,17,18,19)20;1-6-2-4-7(5-3-6)11(8,9)10/h4-9H,1-3H3;2-5H,1H3,(H,8,9,10)/q+1;/p-1. The maximum atomic E-state index is 12.7. The van der Waals surface area contributed by atoms with Gasteiger partial charge in [0.25, 0.3) is 0 Å². The maximum Gasteiger partial charge on any atom is 0.358 e. The van der Waals surface area contributed by atoms with Crippen molar-refractivity contribution in [3.05, 3.63) is 90.1 Å². The molecule has 0 amide bonds. The van der Waals surface area contributed by atoms with Gasteiger partial charge in [0.1, 0.15) is 15.0 Å². The molecule has 0 unspecified atom stereocenters. The van der Waals surface area contributed by atoms with E-state index in [1.54, 1.807) is 12.1 Å². The van der Waals surface area contributed by atoms with Crippen LogP contribution in [-0.4, -0.2) is 13.0 Å². The molecule has 3 rings (SSSR count). The lowest BCUT2D eigenvalue weighted by Gasteiger charge is -2.40. The molecule has 0 N–H and O–H groups in total. The van der Waals surface area contributed by atoms with Gasteiger partial charge in [-0.05, 0) is 64.1 Å². The second kappa shape index (κ2) is 8.82. The summed E-state index contributed by atoms with van der Waals surface area (Å²) in [6.45, 7) is 7.71. The molecule has 0 atom stereocenters. The molecule has 0 saturated carbocycles. The minimum Gasteiger partial charge on any atom is -0.744 e. The minimum atomic E-state index is -9.57. The molecule has 0 radical (unpaired) electrons. The molecule has 0 aliphatic heterocycles. The summed E-state index contributed by atoms with van der Waals surface area (Å²) in [4.78, 5) is -2.01. The van der Waals surface area contributed by atoms with Crippen molar-refractivity contribution in [2.45, 2.75) is 37.5 Å². The second-order valence-electron chi connectivity index (χ2n) is 7.50. The van der Waals surface area contributed by atoms with E-state index in [0.717, 1.165) is 25.8 Å². The number of halogens is 6. The first-order chi connectivity index (χ1) is 14.8. The van der Waals surface area contributed by atoms with Crippen LogP contribution in [0.4, 0.5) is 19.4 Å². The Balaban J connectivity index is 0.000000294. The molecule has 3 nitrogen and oxygen atoms in total. The zero-order valence-corrected chi connectivity index (χ0v) is 21.9. The molecule has 3 aromatic carbocycles. The Hall–Kier alpha value is -1.70. The molecule has 33 heavy (non-hydrogen) atoms. The number of benzene rings is 3. The molecule has 3 aromatic rings. The van der Waals surface area contributed by atoms with E-state index in [0.29, 0.717) is 15.7 Å². The van der Waals surface area contributed by atoms with Crippen LogP contribution in [0.15, 0.2) is 70.5 Å². The molecule has 0 fully saturated rings. The average Bonchev–Trinajstić information content (AvgIpc) is 2.63. The fourth-order valence-electron chi connectivity index (χ4n) is 2.88. The normalized spacial score (nSPS) is 14.0. The third-order valence-electron chi connectivity index (χ3n) is 4.35. The van der Waals surface area contributed by atoms with E-state index in [9.17, 15) is 32.4 Å². The Morgan fingerprint density at radius 2 is 1.18 bits per heavy atom. The molecule has 0 saturated heterocycles. The molecule has 0 aromatic heterocycles. The van der Waals surface area contributed by atoms with E-state index < -0.39 is 46.4 Å². The van der Waals surface area contributed by atoms with Crippen LogP contribution in [-0.2, 0) is 10.1 Å². The highest BCUT2D eigenvalue weighted by Gasteiger charge is 2.65.